The Balaban J connectivity index is 1.48. The second kappa shape index (κ2) is 9.45. The lowest BCUT2D eigenvalue weighted by atomic mass is 10.1. The van der Waals surface area contributed by atoms with Gasteiger partial charge >= 0.3 is 0 Å². The average Bonchev–Trinajstić information content (AvgIpc) is 3.50. The zero-order valence-corrected chi connectivity index (χ0v) is 20.0. The zero-order valence-electron chi connectivity index (χ0n) is 18.4. The first-order valence-electron chi connectivity index (χ1n) is 10.3. The van der Waals surface area contributed by atoms with Gasteiger partial charge in [0.2, 0.25) is 0 Å². The van der Waals surface area contributed by atoms with Crippen LogP contribution in [0.1, 0.15) is 43.6 Å². The molecule has 0 radical (unpaired) electrons. The molecule has 2 amide bonds. The molecular weight excluding hydrogens is 488 g/mol. The summed E-state index contributed by atoms with van der Waals surface area (Å²) in [6, 6.07) is 10.8. The van der Waals surface area contributed by atoms with Crippen LogP contribution in [0.15, 0.2) is 57.7 Å². The predicted molar refractivity (Wildman–Crippen MR) is 126 cm³/mol. The van der Waals surface area contributed by atoms with E-state index in [4.69, 9.17) is 4.42 Å². The van der Waals surface area contributed by atoms with Crippen LogP contribution in [0.5, 0.6) is 0 Å². The number of anilines is 1. The van der Waals surface area contributed by atoms with Crippen molar-refractivity contribution in [2.45, 2.75) is 26.9 Å². The highest BCUT2D eigenvalue weighted by Crippen LogP contribution is 2.21. The molecule has 3 heterocycles. The lowest BCUT2D eigenvalue weighted by Crippen LogP contribution is -2.25. The van der Waals surface area contributed by atoms with E-state index in [0.717, 1.165) is 21.4 Å². The number of amides is 2. The minimum Gasteiger partial charge on any atom is -0.467 e. The van der Waals surface area contributed by atoms with E-state index in [0.29, 0.717) is 23.6 Å². The Hall–Kier alpha value is -3.66. The fourth-order valence-corrected chi connectivity index (χ4v) is 3.70. The number of carbonyl (C=O) groups is 2. The summed E-state index contributed by atoms with van der Waals surface area (Å²) in [6.45, 7) is 4.68. The van der Waals surface area contributed by atoms with Gasteiger partial charge in [-0.3, -0.25) is 19.0 Å². The molecule has 4 rings (SSSR count). The van der Waals surface area contributed by atoms with Crippen molar-refractivity contribution in [3.05, 3.63) is 87.3 Å². The zero-order chi connectivity index (χ0) is 23.5. The normalized spacial score (nSPS) is 10.9. The van der Waals surface area contributed by atoms with Crippen molar-refractivity contribution >= 4 is 33.4 Å². The number of rotatable bonds is 7. The average molecular weight is 511 g/mol. The molecule has 2 N–H and O–H groups in total. The molecule has 0 aliphatic carbocycles. The molecule has 0 atom stereocenters. The fourth-order valence-electron chi connectivity index (χ4n) is 3.42. The number of nitrogens with one attached hydrogen (secondary N) is 2. The van der Waals surface area contributed by atoms with Gasteiger partial charge in [-0.15, -0.1) is 0 Å². The highest BCUT2D eigenvalue weighted by molar-refractivity contribution is 9.10. The van der Waals surface area contributed by atoms with Crippen LogP contribution in [0.3, 0.4) is 0 Å². The standard InChI is InChI=1S/C23H23BrN6O3/c1-14-20(24)15(2)30(27-14)12-16-6-4-7-17(10-16)22(31)26-19-13-29(3)28-21(19)23(32)25-11-18-8-5-9-33-18/h4-10,13H,11-12H2,1-3H3,(H,25,32)(H,26,31). The first-order chi connectivity index (χ1) is 15.8. The Morgan fingerprint density at radius 3 is 2.64 bits per heavy atom. The first-order valence-corrected chi connectivity index (χ1v) is 11.0. The highest BCUT2D eigenvalue weighted by atomic mass is 79.9. The van der Waals surface area contributed by atoms with Crippen LogP contribution in [0.25, 0.3) is 0 Å². The van der Waals surface area contributed by atoms with Gasteiger partial charge in [-0.05, 0) is 59.6 Å². The van der Waals surface area contributed by atoms with Gasteiger partial charge in [0.1, 0.15) is 5.76 Å². The smallest absolute Gasteiger partial charge is 0.274 e. The van der Waals surface area contributed by atoms with Crippen molar-refractivity contribution in [2.24, 2.45) is 7.05 Å². The van der Waals surface area contributed by atoms with E-state index in [1.165, 1.54) is 10.9 Å². The second-order valence-electron chi connectivity index (χ2n) is 7.62. The molecule has 0 saturated heterocycles. The van der Waals surface area contributed by atoms with E-state index >= 15 is 0 Å². The van der Waals surface area contributed by atoms with E-state index in [9.17, 15) is 9.59 Å². The lowest BCUT2D eigenvalue weighted by molar-refractivity contribution is 0.0943. The minimum atomic E-state index is -0.411. The molecule has 3 aromatic heterocycles. The maximum Gasteiger partial charge on any atom is 0.274 e. The number of halogens is 1. The number of aryl methyl sites for hydroxylation is 2. The summed E-state index contributed by atoms with van der Waals surface area (Å²) in [5.41, 5.74) is 3.79. The van der Waals surface area contributed by atoms with Gasteiger partial charge in [0.15, 0.2) is 5.69 Å². The number of aromatic nitrogens is 4. The molecule has 0 unspecified atom stereocenters. The first kappa shape index (κ1) is 22.5. The maximum absolute atomic E-state index is 12.9. The number of carbonyl (C=O) groups excluding carboxylic acids is 2. The molecule has 0 fully saturated rings. The van der Waals surface area contributed by atoms with Crippen molar-refractivity contribution in [2.75, 3.05) is 5.32 Å². The molecule has 33 heavy (non-hydrogen) atoms. The van der Waals surface area contributed by atoms with E-state index in [-0.39, 0.29) is 18.1 Å². The van der Waals surface area contributed by atoms with Gasteiger partial charge in [0.05, 0.1) is 40.9 Å². The minimum absolute atomic E-state index is 0.126. The van der Waals surface area contributed by atoms with E-state index < -0.39 is 5.91 Å². The highest BCUT2D eigenvalue weighted by Gasteiger charge is 2.19. The third-order valence-corrected chi connectivity index (χ3v) is 6.26. The maximum atomic E-state index is 12.9. The van der Waals surface area contributed by atoms with Crippen molar-refractivity contribution in [1.82, 2.24) is 24.9 Å². The summed E-state index contributed by atoms with van der Waals surface area (Å²) < 4.78 is 9.57. The molecule has 170 valence electrons. The van der Waals surface area contributed by atoms with Crippen LogP contribution in [-0.2, 0) is 20.1 Å². The van der Waals surface area contributed by atoms with Gasteiger partial charge in [0.25, 0.3) is 11.8 Å². The number of hydrogen-bond acceptors (Lipinski definition) is 5. The van der Waals surface area contributed by atoms with E-state index in [1.54, 1.807) is 31.4 Å². The number of nitrogens with zero attached hydrogens (tertiary/aromatic N) is 4. The third kappa shape index (κ3) is 5.06. The molecule has 4 aromatic rings. The fraction of sp³-hybridized carbons (Fsp3) is 0.217. The topological polar surface area (TPSA) is 107 Å². The second-order valence-corrected chi connectivity index (χ2v) is 8.42. The lowest BCUT2D eigenvalue weighted by Gasteiger charge is -2.09. The summed E-state index contributed by atoms with van der Waals surface area (Å²) >= 11 is 3.54. The Labute approximate surface area is 198 Å². The predicted octanol–water partition coefficient (Wildman–Crippen LogP) is 3.82. The van der Waals surface area contributed by atoms with Crippen LogP contribution in [0.4, 0.5) is 5.69 Å². The van der Waals surface area contributed by atoms with Crippen LogP contribution in [-0.4, -0.2) is 31.4 Å². The molecular formula is C23H23BrN6O3. The Morgan fingerprint density at radius 2 is 1.94 bits per heavy atom. The molecule has 0 bridgehead atoms. The summed E-state index contributed by atoms with van der Waals surface area (Å²) in [4.78, 5) is 25.6. The van der Waals surface area contributed by atoms with Crippen LogP contribution in [0.2, 0.25) is 0 Å². The van der Waals surface area contributed by atoms with Crippen LogP contribution in [0, 0.1) is 13.8 Å². The number of benzene rings is 1. The quantitative estimate of drug-likeness (QED) is 0.393. The van der Waals surface area contributed by atoms with Gasteiger partial charge in [-0.1, -0.05) is 12.1 Å². The van der Waals surface area contributed by atoms with Gasteiger partial charge in [-0.25, -0.2) is 0 Å². The SMILES string of the molecule is Cc1nn(Cc2cccc(C(=O)Nc3cn(C)nc3C(=O)NCc3ccco3)c2)c(C)c1Br. The molecule has 1 aromatic carbocycles. The Bertz CT molecular complexity index is 1310. The number of hydrogen-bond donors (Lipinski definition) is 2. The van der Waals surface area contributed by atoms with Gasteiger partial charge < -0.3 is 15.1 Å². The molecule has 0 spiro atoms. The van der Waals surface area contributed by atoms with Crippen LogP contribution >= 0.6 is 15.9 Å². The molecule has 0 aliphatic rings. The summed E-state index contributed by atoms with van der Waals surface area (Å²) in [7, 11) is 1.69. The molecule has 0 aliphatic heterocycles. The Kier molecular flexibility index (Phi) is 6.45. The van der Waals surface area contributed by atoms with Crippen molar-refractivity contribution in [3.8, 4) is 0 Å². The van der Waals surface area contributed by atoms with E-state index in [1.807, 2.05) is 36.7 Å². The van der Waals surface area contributed by atoms with Crippen molar-refractivity contribution in [3.63, 3.8) is 0 Å². The van der Waals surface area contributed by atoms with Gasteiger partial charge in [0, 0.05) is 18.8 Å². The largest absolute Gasteiger partial charge is 0.467 e. The van der Waals surface area contributed by atoms with E-state index in [2.05, 4.69) is 36.8 Å². The third-order valence-electron chi connectivity index (χ3n) is 5.11. The Morgan fingerprint density at radius 1 is 1.12 bits per heavy atom. The monoisotopic (exact) mass is 510 g/mol. The summed E-state index contributed by atoms with van der Waals surface area (Å²) in [5, 5.41) is 14.3. The summed E-state index contributed by atoms with van der Waals surface area (Å²) in [6.07, 6.45) is 3.13. The summed E-state index contributed by atoms with van der Waals surface area (Å²) in [5.74, 6) is -0.123. The van der Waals surface area contributed by atoms with Crippen LogP contribution < -0.4 is 10.6 Å². The van der Waals surface area contributed by atoms with Crippen molar-refractivity contribution in [1.29, 1.82) is 0 Å². The molecule has 10 heteroatoms. The van der Waals surface area contributed by atoms with Crippen molar-refractivity contribution < 1.29 is 14.0 Å². The molecule has 9 nitrogen and oxygen atoms in total. The van der Waals surface area contributed by atoms with Gasteiger partial charge in [-0.2, -0.15) is 10.2 Å². The molecule has 0 saturated carbocycles. The number of furan rings is 1.